The van der Waals surface area contributed by atoms with E-state index in [1.807, 2.05) is 0 Å². The summed E-state index contributed by atoms with van der Waals surface area (Å²) in [5, 5.41) is 11.7. The highest BCUT2D eigenvalue weighted by atomic mass is 19.1. The van der Waals surface area contributed by atoms with E-state index in [0.717, 1.165) is 0 Å². The van der Waals surface area contributed by atoms with Crippen molar-refractivity contribution in [2.24, 2.45) is 0 Å². The maximum atomic E-state index is 13.4. The van der Waals surface area contributed by atoms with Gasteiger partial charge < -0.3 is 10.4 Å². The Morgan fingerprint density at radius 1 is 1.32 bits per heavy atom. The van der Waals surface area contributed by atoms with Gasteiger partial charge in [-0.1, -0.05) is 6.07 Å². The average molecular weight is 261 g/mol. The second kappa shape index (κ2) is 5.01. The van der Waals surface area contributed by atoms with Crippen LogP contribution in [-0.4, -0.2) is 21.0 Å². The van der Waals surface area contributed by atoms with Gasteiger partial charge in [0.1, 0.15) is 5.82 Å². The first-order valence-electron chi connectivity index (χ1n) is 5.58. The van der Waals surface area contributed by atoms with Crippen LogP contribution in [0.2, 0.25) is 0 Å². The van der Waals surface area contributed by atoms with E-state index in [1.54, 1.807) is 26.0 Å². The van der Waals surface area contributed by atoms with Crippen molar-refractivity contribution >= 4 is 17.6 Å². The van der Waals surface area contributed by atoms with E-state index in [4.69, 9.17) is 5.11 Å². The Morgan fingerprint density at radius 3 is 2.74 bits per heavy atom. The molecule has 0 fully saturated rings. The van der Waals surface area contributed by atoms with Crippen LogP contribution in [-0.2, 0) is 0 Å². The van der Waals surface area contributed by atoms with Gasteiger partial charge in [0.25, 0.3) is 0 Å². The first-order valence-corrected chi connectivity index (χ1v) is 5.58. The van der Waals surface area contributed by atoms with E-state index in [-0.39, 0.29) is 17.5 Å². The van der Waals surface area contributed by atoms with Gasteiger partial charge in [0.2, 0.25) is 5.95 Å². The number of carboxylic acid groups (broad SMARTS) is 1. The summed E-state index contributed by atoms with van der Waals surface area (Å²) in [7, 11) is 0. The molecule has 1 aromatic heterocycles. The Labute approximate surface area is 109 Å². The van der Waals surface area contributed by atoms with Gasteiger partial charge in [-0.2, -0.15) is 0 Å². The van der Waals surface area contributed by atoms with E-state index < -0.39 is 5.97 Å². The van der Waals surface area contributed by atoms with Crippen molar-refractivity contribution in [3.05, 3.63) is 47.0 Å². The van der Waals surface area contributed by atoms with Crippen molar-refractivity contribution in [3.63, 3.8) is 0 Å². The molecule has 0 aliphatic rings. The minimum absolute atomic E-state index is 0.107. The second-order valence-corrected chi connectivity index (χ2v) is 4.06. The normalized spacial score (nSPS) is 10.3. The number of aromatic nitrogens is 2. The zero-order chi connectivity index (χ0) is 14.0. The van der Waals surface area contributed by atoms with E-state index in [1.165, 1.54) is 12.1 Å². The smallest absolute Gasteiger partial charge is 0.354 e. The van der Waals surface area contributed by atoms with Crippen LogP contribution in [0.3, 0.4) is 0 Å². The van der Waals surface area contributed by atoms with E-state index in [2.05, 4.69) is 15.3 Å². The quantitative estimate of drug-likeness (QED) is 0.888. The largest absolute Gasteiger partial charge is 0.477 e. The molecular weight excluding hydrogens is 249 g/mol. The molecule has 98 valence electrons. The predicted molar refractivity (Wildman–Crippen MR) is 68.1 cm³/mol. The van der Waals surface area contributed by atoms with Gasteiger partial charge in [-0.3, -0.25) is 0 Å². The number of carboxylic acids is 1. The van der Waals surface area contributed by atoms with E-state index in [0.29, 0.717) is 16.9 Å². The standard InChI is InChI=1S/C13H12FN3O2/c1-7-6-11(12(18)19)17-13(15-7)16-10-5-3-4-9(14)8(10)2/h3-6H,1-2H3,(H,18,19)(H,15,16,17). The maximum Gasteiger partial charge on any atom is 0.354 e. The number of hydrogen-bond donors (Lipinski definition) is 2. The number of halogens is 1. The number of hydrogen-bond acceptors (Lipinski definition) is 4. The molecule has 0 spiro atoms. The van der Waals surface area contributed by atoms with Gasteiger partial charge >= 0.3 is 5.97 Å². The topological polar surface area (TPSA) is 75.1 Å². The zero-order valence-electron chi connectivity index (χ0n) is 10.4. The fraction of sp³-hybridized carbons (Fsp3) is 0.154. The Bertz CT molecular complexity index is 644. The zero-order valence-corrected chi connectivity index (χ0v) is 10.4. The number of rotatable bonds is 3. The van der Waals surface area contributed by atoms with Gasteiger partial charge in [-0.25, -0.2) is 19.2 Å². The van der Waals surface area contributed by atoms with Crippen molar-refractivity contribution in [2.75, 3.05) is 5.32 Å². The lowest BCUT2D eigenvalue weighted by Crippen LogP contribution is -2.07. The van der Waals surface area contributed by atoms with Crippen molar-refractivity contribution in [1.29, 1.82) is 0 Å². The van der Waals surface area contributed by atoms with E-state index >= 15 is 0 Å². The Kier molecular flexibility index (Phi) is 3.41. The van der Waals surface area contributed by atoms with Gasteiger partial charge in [-0.05, 0) is 32.0 Å². The lowest BCUT2D eigenvalue weighted by atomic mass is 10.2. The molecule has 5 nitrogen and oxygen atoms in total. The Balaban J connectivity index is 2.38. The molecule has 0 unspecified atom stereocenters. The van der Waals surface area contributed by atoms with Crippen LogP contribution in [0.5, 0.6) is 0 Å². The predicted octanol–water partition coefficient (Wildman–Crippen LogP) is 2.67. The summed E-state index contributed by atoms with van der Waals surface area (Å²) in [6.07, 6.45) is 0. The van der Waals surface area contributed by atoms with Crippen LogP contribution in [0, 0.1) is 19.7 Å². The first kappa shape index (κ1) is 12.9. The van der Waals surface area contributed by atoms with Crippen molar-refractivity contribution in [1.82, 2.24) is 9.97 Å². The molecule has 2 N–H and O–H groups in total. The summed E-state index contributed by atoms with van der Waals surface area (Å²) < 4.78 is 13.4. The average Bonchev–Trinajstić information content (AvgIpc) is 2.34. The summed E-state index contributed by atoms with van der Waals surface area (Å²) in [5.41, 5.74) is 1.33. The molecule has 2 rings (SSSR count). The fourth-order valence-corrected chi connectivity index (χ4v) is 1.60. The van der Waals surface area contributed by atoms with Gasteiger partial charge in [0, 0.05) is 16.9 Å². The molecule has 0 saturated carbocycles. The van der Waals surface area contributed by atoms with E-state index in [9.17, 15) is 9.18 Å². The minimum atomic E-state index is -1.13. The molecule has 19 heavy (non-hydrogen) atoms. The molecule has 0 amide bonds. The van der Waals surface area contributed by atoms with Crippen LogP contribution in [0.1, 0.15) is 21.7 Å². The van der Waals surface area contributed by atoms with Crippen molar-refractivity contribution in [3.8, 4) is 0 Å². The molecule has 6 heteroatoms. The Hall–Kier alpha value is -2.50. The number of nitrogens with one attached hydrogen (secondary N) is 1. The van der Waals surface area contributed by atoms with Gasteiger partial charge in [0.05, 0.1) is 0 Å². The Morgan fingerprint density at radius 2 is 2.05 bits per heavy atom. The second-order valence-electron chi connectivity index (χ2n) is 4.06. The highest BCUT2D eigenvalue weighted by molar-refractivity contribution is 5.85. The van der Waals surface area contributed by atoms with Crippen LogP contribution in [0.25, 0.3) is 0 Å². The minimum Gasteiger partial charge on any atom is -0.477 e. The maximum absolute atomic E-state index is 13.4. The first-order chi connectivity index (χ1) is 8.97. The third-order valence-electron chi connectivity index (χ3n) is 2.59. The number of aromatic carboxylic acids is 1. The van der Waals surface area contributed by atoms with Crippen molar-refractivity contribution < 1.29 is 14.3 Å². The molecule has 0 bridgehead atoms. The summed E-state index contributed by atoms with van der Waals surface area (Å²) in [5.74, 6) is -1.35. The van der Waals surface area contributed by atoms with Gasteiger partial charge in [-0.15, -0.1) is 0 Å². The van der Waals surface area contributed by atoms with Gasteiger partial charge in [0.15, 0.2) is 5.69 Å². The summed E-state index contributed by atoms with van der Waals surface area (Å²) in [6.45, 7) is 3.28. The molecule has 0 radical (unpaired) electrons. The fourth-order valence-electron chi connectivity index (χ4n) is 1.60. The lowest BCUT2D eigenvalue weighted by molar-refractivity contribution is 0.0690. The molecule has 1 aromatic carbocycles. The molecule has 0 atom stereocenters. The summed E-state index contributed by atoms with van der Waals surface area (Å²) in [6, 6.07) is 5.94. The lowest BCUT2D eigenvalue weighted by Gasteiger charge is -2.09. The summed E-state index contributed by atoms with van der Waals surface area (Å²) in [4.78, 5) is 18.8. The third-order valence-corrected chi connectivity index (χ3v) is 2.59. The number of aryl methyl sites for hydroxylation is 1. The molecule has 0 aliphatic carbocycles. The van der Waals surface area contributed by atoms with Crippen LogP contribution in [0.4, 0.5) is 16.0 Å². The molecule has 2 aromatic rings. The SMILES string of the molecule is Cc1cc(C(=O)O)nc(Nc2cccc(F)c2C)n1. The van der Waals surface area contributed by atoms with Crippen LogP contribution >= 0.6 is 0 Å². The molecule has 0 saturated heterocycles. The monoisotopic (exact) mass is 261 g/mol. The van der Waals surface area contributed by atoms with Crippen LogP contribution < -0.4 is 5.32 Å². The highest BCUT2D eigenvalue weighted by Crippen LogP contribution is 2.20. The number of carbonyl (C=O) groups is 1. The third kappa shape index (κ3) is 2.85. The molecule has 0 aliphatic heterocycles. The van der Waals surface area contributed by atoms with Crippen molar-refractivity contribution in [2.45, 2.75) is 13.8 Å². The molecular formula is C13H12FN3O2. The van der Waals surface area contributed by atoms with Crippen LogP contribution in [0.15, 0.2) is 24.3 Å². The number of benzene rings is 1. The summed E-state index contributed by atoms with van der Waals surface area (Å²) >= 11 is 0. The highest BCUT2D eigenvalue weighted by Gasteiger charge is 2.10. The molecule has 1 heterocycles. The number of anilines is 2. The number of nitrogens with zero attached hydrogens (tertiary/aromatic N) is 2.